The van der Waals surface area contributed by atoms with Crippen molar-refractivity contribution in [2.75, 3.05) is 25.9 Å². The van der Waals surface area contributed by atoms with Crippen molar-refractivity contribution in [2.45, 2.75) is 19.9 Å². The number of nitrogens with zero attached hydrogens (tertiary/aromatic N) is 3. The normalized spacial score (nSPS) is 11.1. The van der Waals surface area contributed by atoms with Crippen LogP contribution in [0.15, 0.2) is 0 Å². The van der Waals surface area contributed by atoms with Crippen molar-refractivity contribution in [1.29, 1.82) is 0 Å². The van der Waals surface area contributed by atoms with Gasteiger partial charge in [-0.2, -0.15) is 0 Å². The van der Waals surface area contributed by atoms with E-state index < -0.39 is 0 Å². The number of amides is 1. The molecule has 0 aliphatic rings. The number of hydrogen-bond donors (Lipinski definition) is 2. The number of rotatable bonds is 5. The van der Waals surface area contributed by atoms with Crippen LogP contribution in [0.5, 0.6) is 0 Å². The topological polar surface area (TPSA) is 84.1 Å². The molecule has 6 nitrogen and oxygen atoms in total. The van der Waals surface area contributed by atoms with Crippen molar-refractivity contribution < 1.29 is 4.79 Å². The summed E-state index contributed by atoms with van der Waals surface area (Å²) in [5.74, 6) is -0.216. The lowest BCUT2D eigenvalue weighted by Gasteiger charge is -2.20. The van der Waals surface area contributed by atoms with Crippen LogP contribution >= 0.6 is 11.3 Å². The van der Waals surface area contributed by atoms with Crippen molar-refractivity contribution in [1.82, 2.24) is 20.4 Å². The molecule has 1 rings (SSSR count). The summed E-state index contributed by atoms with van der Waals surface area (Å²) in [6.07, 6.45) is 0. The number of aromatic nitrogens is 2. The first-order valence-corrected chi connectivity index (χ1v) is 5.89. The van der Waals surface area contributed by atoms with Crippen molar-refractivity contribution in [3.8, 4) is 0 Å². The van der Waals surface area contributed by atoms with E-state index in [1.165, 1.54) is 0 Å². The Labute approximate surface area is 98.8 Å². The number of carbonyl (C=O) groups is 1. The summed E-state index contributed by atoms with van der Waals surface area (Å²) in [5, 5.41) is 10.6. The number of carbonyl (C=O) groups excluding carboxylic acids is 1. The quantitative estimate of drug-likeness (QED) is 0.771. The van der Waals surface area contributed by atoms with Gasteiger partial charge in [0.2, 0.25) is 10.1 Å². The molecule has 1 aromatic heterocycles. The zero-order valence-corrected chi connectivity index (χ0v) is 10.5. The number of nitrogens with one attached hydrogen (secondary N) is 1. The van der Waals surface area contributed by atoms with E-state index in [1.807, 2.05) is 7.05 Å². The van der Waals surface area contributed by atoms with E-state index in [0.29, 0.717) is 22.7 Å². The summed E-state index contributed by atoms with van der Waals surface area (Å²) in [7, 11) is 2.01. The molecular formula is C9H17N5OS. The molecule has 90 valence electrons. The summed E-state index contributed by atoms with van der Waals surface area (Å²) in [6.45, 7) is 5.60. The van der Waals surface area contributed by atoms with Gasteiger partial charge in [-0.05, 0) is 20.9 Å². The maximum Gasteiger partial charge on any atom is 0.282 e. The Kier molecular flexibility index (Phi) is 4.63. The van der Waals surface area contributed by atoms with Crippen LogP contribution in [0.1, 0.15) is 23.6 Å². The third-order valence-electron chi connectivity index (χ3n) is 2.27. The van der Waals surface area contributed by atoms with Gasteiger partial charge in [0.1, 0.15) is 0 Å². The van der Waals surface area contributed by atoms with Gasteiger partial charge in [-0.25, -0.2) is 0 Å². The highest BCUT2D eigenvalue weighted by Gasteiger charge is 2.11. The summed E-state index contributed by atoms with van der Waals surface area (Å²) < 4.78 is 0. The Morgan fingerprint density at radius 3 is 2.75 bits per heavy atom. The lowest BCUT2D eigenvalue weighted by atomic mass is 10.3. The van der Waals surface area contributed by atoms with E-state index in [4.69, 9.17) is 5.73 Å². The van der Waals surface area contributed by atoms with Gasteiger partial charge in [-0.1, -0.05) is 11.3 Å². The smallest absolute Gasteiger partial charge is 0.282 e. The fourth-order valence-corrected chi connectivity index (χ4v) is 1.53. The maximum absolute atomic E-state index is 11.5. The minimum Gasteiger partial charge on any atom is -0.374 e. The predicted octanol–water partition coefficient (Wildman–Crippen LogP) is 0.190. The zero-order chi connectivity index (χ0) is 12.1. The summed E-state index contributed by atoms with van der Waals surface area (Å²) >= 11 is 1.09. The minimum atomic E-state index is -0.216. The van der Waals surface area contributed by atoms with Crippen molar-refractivity contribution in [3.63, 3.8) is 0 Å². The molecule has 0 aliphatic carbocycles. The molecule has 1 heterocycles. The highest BCUT2D eigenvalue weighted by molar-refractivity contribution is 7.16. The van der Waals surface area contributed by atoms with Crippen molar-refractivity contribution >= 4 is 22.4 Å². The van der Waals surface area contributed by atoms with Crippen LogP contribution < -0.4 is 11.1 Å². The highest BCUT2D eigenvalue weighted by Crippen LogP contribution is 2.09. The number of hydrogen-bond acceptors (Lipinski definition) is 6. The largest absolute Gasteiger partial charge is 0.374 e. The van der Waals surface area contributed by atoms with E-state index in [9.17, 15) is 4.79 Å². The van der Waals surface area contributed by atoms with Gasteiger partial charge in [0, 0.05) is 19.1 Å². The average molecular weight is 243 g/mol. The van der Waals surface area contributed by atoms with Crippen LogP contribution in [0.3, 0.4) is 0 Å². The Morgan fingerprint density at radius 2 is 2.25 bits per heavy atom. The van der Waals surface area contributed by atoms with E-state index in [2.05, 4.69) is 34.3 Å². The summed E-state index contributed by atoms with van der Waals surface area (Å²) in [4.78, 5) is 13.7. The average Bonchev–Trinajstić information content (AvgIpc) is 2.64. The Bertz CT molecular complexity index is 351. The van der Waals surface area contributed by atoms with E-state index in [-0.39, 0.29) is 5.91 Å². The van der Waals surface area contributed by atoms with Gasteiger partial charge in [0.05, 0.1) is 0 Å². The molecule has 3 N–H and O–H groups in total. The van der Waals surface area contributed by atoms with Crippen LogP contribution in [0.4, 0.5) is 5.13 Å². The van der Waals surface area contributed by atoms with Gasteiger partial charge < -0.3 is 16.0 Å². The molecule has 0 radical (unpaired) electrons. The van der Waals surface area contributed by atoms with E-state index >= 15 is 0 Å². The number of likely N-dealkylation sites (N-methyl/N-ethyl adjacent to an activating group) is 1. The number of anilines is 1. The molecule has 0 fully saturated rings. The van der Waals surface area contributed by atoms with Crippen LogP contribution in [-0.4, -0.2) is 47.2 Å². The molecular weight excluding hydrogens is 226 g/mol. The predicted molar refractivity (Wildman–Crippen MR) is 64.4 cm³/mol. The lowest BCUT2D eigenvalue weighted by Crippen LogP contribution is -2.36. The summed E-state index contributed by atoms with van der Waals surface area (Å²) in [5.41, 5.74) is 5.39. The molecule has 0 saturated heterocycles. The lowest BCUT2D eigenvalue weighted by molar-refractivity contribution is 0.0947. The fraction of sp³-hybridized carbons (Fsp3) is 0.667. The third kappa shape index (κ3) is 3.74. The molecule has 0 aliphatic heterocycles. The first-order chi connectivity index (χ1) is 7.50. The molecule has 1 aromatic rings. The maximum atomic E-state index is 11.5. The molecule has 0 unspecified atom stereocenters. The Hall–Kier alpha value is -1.21. The zero-order valence-electron chi connectivity index (χ0n) is 9.73. The second kappa shape index (κ2) is 5.76. The van der Waals surface area contributed by atoms with Gasteiger partial charge in [0.15, 0.2) is 0 Å². The SMILES string of the molecule is CC(C)N(C)CCNC(=O)c1nnc(N)s1. The van der Waals surface area contributed by atoms with Crippen LogP contribution in [0.2, 0.25) is 0 Å². The van der Waals surface area contributed by atoms with Crippen molar-refractivity contribution in [2.24, 2.45) is 0 Å². The second-order valence-electron chi connectivity index (χ2n) is 3.78. The number of nitrogen functional groups attached to an aromatic ring is 1. The molecule has 0 saturated carbocycles. The molecule has 7 heteroatoms. The number of nitrogens with two attached hydrogens (primary N) is 1. The van der Waals surface area contributed by atoms with Gasteiger partial charge in [-0.3, -0.25) is 4.79 Å². The van der Waals surface area contributed by atoms with E-state index in [1.54, 1.807) is 0 Å². The Morgan fingerprint density at radius 1 is 1.56 bits per heavy atom. The molecule has 0 aromatic carbocycles. The second-order valence-corrected chi connectivity index (χ2v) is 4.78. The van der Waals surface area contributed by atoms with Crippen LogP contribution in [0.25, 0.3) is 0 Å². The Balaban J connectivity index is 2.31. The van der Waals surface area contributed by atoms with Gasteiger partial charge in [0.25, 0.3) is 5.91 Å². The molecule has 0 atom stereocenters. The fourth-order valence-electron chi connectivity index (χ4n) is 1.01. The van der Waals surface area contributed by atoms with Crippen LogP contribution in [-0.2, 0) is 0 Å². The molecule has 0 spiro atoms. The highest BCUT2D eigenvalue weighted by atomic mass is 32.1. The summed E-state index contributed by atoms with van der Waals surface area (Å²) in [6, 6.07) is 0.467. The van der Waals surface area contributed by atoms with Crippen molar-refractivity contribution in [3.05, 3.63) is 5.01 Å². The first kappa shape index (κ1) is 12.9. The molecule has 1 amide bonds. The molecule has 16 heavy (non-hydrogen) atoms. The standard InChI is InChI=1S/C9H17N5OS/c1-6(2)14(3)5-4-11-7(15)8-12-13-9(10)16-8/h6H,4-5H2,1-3H3,(H2,10,13)(H,11,15). The van der Waals surface area contributed by atoms with Crippen LogP contribution in [0, 0.1) is 0 Å². The monoisotopic (exact) mass is 243 g/mol. The minimum absolute atomic E-state index is 0.216. The van der Waals surface area contributed by atoms with E-state index in [0.717, 1.165) is 17.9 Å². The first-order valence-electron chi connectivity index (χ1n) is 5.08. The van der Waals surface area contributed by atoms with Gasteiger partial charge in [-0.15, -0.1) is 10.2 Å². The molecule has 0 bridgehead atoms. The third-order valence-corrected chi connectivity index (χ3v) is 3.02. The van der Waals surface area contributed by atoms with Gasteiger partial charge >= 0.3 is 0 Å².